The molecule has 4 N–H and O–H groups in total. The topological polar surface area (TPSA) is 149 Å². The van der Waals surface area contributed by atoms with Crippen molar-refractivity contribution in [1.82, 2.24) is 0 Å². The molecule has 0 aliphatic heterocycles. The Morgan fingerprint density at radius 1 is 0.667 bits per heavy atom. The normalized spacial score (nSPS) is 6.33. The molecule has 8 nitrogen and oxygen atoms in total. The van der Waals surface area contributed by atoms with Crippen LogP contribution in [-0.2, 0) is 19.2 Å². The molecule has 0 rings (SSSR count). The Morgan fingerprint density at radius 2 is 0.714 bits per heavy atom. The largest absolute Gasteiger partial charge is 0.481 e. The number of rotatable bonds is 1. The molecule has 0 heterocycles. The van der Waals surface area contributed by atoms with Crippen LogP contribution in [0.1, 0.15) is 34.6 Å². The lowest BCUT2D eigenvalue weighted by Gasteiger charge is -1.71. The molecule has 0 saturated carbocycles. The highest BCUT2D eigenvalue weighted by Crippen LogP contribution is 1.81. The van der Waals surface area contributed by atoms with E-state index >= 15 is 0 Å². The second kappa shape index (κ2) is 26.0. The first-order chi connectivity index (χ1) is 9.20. The van der Waals surface area contributed by atoms with Crippen LogP contribution < -0.4 is 0 Å². The molecule has 21 heavy (non-hydrogen) atoms. The maximum Gasteiger partial charge on any atom is 0.300 e. The number of allylic oxidation sites excluding steroid dienone is 2. The molecule has 124 valence electrons. The van der Waals surface area contributed by atoms with E-state index in [1.165, 1.54) is 0 Å². The van der Waals surface area contributed by atoms with Crippen molar-refractivity contribution in [2.45, 2.75) is 34.6 Å². The Labute approximate surface area is 124 Å². The van der Waals surface area contributed by atoms with Crippen LogP contribution in [0.4, 0.5) is 0 Å². The quantitative estimate of drug-likeness (QED) is 0.538. The lowest BCUT2D eigenvalue weighted by molar-refractivity contribution is -0.135. The molecule has 0 spiro atoms. The smallest absolute Gasteiger partial charge is 0.300 e. The third-order valence-electron chi connectivity index (χ3n) is 0.348. The summed E-state index contributed by atoms with van der Waals surface area (Å²) >= 11 is 0. The molecule has 0 aromatic rings. The number of carboxylic acid groups (broad SMARTS) is 4. The highest BCUT2D eigenvalue weighted by atomic mass is 16.4. The van der Waals surface area contributed by atoms with Crippen molar-refractivity contribution in [2.24, 2.45) is 0 Å². The van der Waals surface area contributed by atoms with Crippen LogP contribution in [0.5, 0.6) is 0 Å². The minimum atomic E-state index is -0.833. The van der Waals surface area contributed by atoms with Gasteiger partial charge >= 0.3 is 0 Å². The maximum absolute atomic E-state index is 9.00. The number of carbonyl (C=O) groups is 4. The predicted octanol–water partition coefficient (Wildman–Crippen LogP) is 2.11. The molecule has 0 amide bonds. The summed E-state index contributed by atoms with van der Waals surface area (Å²) in [6.07, 6.45) is 1.72. The Balaban J connectivity index is -0.0000000510. The molecule has 8 heteroatoms. The van der Waals surface area contributed by atoms with Crippen LogP contribution in [-0.4, -0.2) is 44.3 Å². The second-order valence-corrected chi connectivity index (χ2v) is 3.13. The molecule has 0 fully saturated rings. The number of carboxylic acids is 4. The van der Waals surface area contributed by atoms with E-state index in [0.717, 1.165) is 33.3 Å². The van der Waals surface area contributed by atoms with E-state index in [1.54, 1.807) is 6.08 Å². The number of hydrogen-bond donors (Lipinski definition) is 4. The zero-order valence-electron chi connectivity index (χ0n) is 12.9. The van der Waals surface area contributed by atoms with Crippen molar-refractivity contribution < 1.29 is 39.6 Å². The van der Waals surface area contributed by atoms with Gasteiger partial charge in [-0.25, -0.2) is 0 Å². The van der Waals surface area contributed by atoms with Gasteiger partial charge in [-0.05, 0) is 6.92 Å². The Kier molecular flexibility index (Phi) is 38.4. The van der Waals surface area contributed by atoms with E-state index in [0.29, 0.717) is 0 Å². The lowest BCUT2D eigenvalue weighted by Crippen LogP contribution is -1.78. The van der Waals surface area contributed by atoms with Crippen molar-refractivity contribution in [3.05, 3.63) is 24.8 Å². The van der Waals surface area contributed by atoms with Crippen LogP contribution in [0.15, 0.2) is 24.8 Å². The number of hydrogen-bond acceptors (Lipinski definition) is 4. The summed E-state index contributed by atoms with van der Waals surface area (Å²) in [5, 5.41) is 29.7. The molecule has 0 saturated heterocycles. The van der Waals surface area contributed by atoms with Gasteiger partial charge in [0.1, 0.15) is 0 Å². The fraction of sp³-hybridized carbons (Fsp3) is 0.385. The third kappa shape index (κ3) is 10000. The van der Waals surface area contributed by atoms with Gasteiger partial charge in [0.25, 0.3) is 23.9 Å². The fourth-order valence-electron chi connectivity index (χ4n) is 0. The van der Waals surface area contributed by atoms with Gasteiger partial charge in [0.05, 0.1) is 0 Å². The van der Waals surface area contributed by atoms with Crippen molar-refractivity contribution in [2.75, 3.05) is 0 Å². The summed E-state index contributed by atoms with van der Waals surface area (Å²) in [6, 6.07) is 0. The van der Waals surface area contributed by atoms with Gasteiger partial charge in [-0.1, -0.05) is 24.8 Å². The molecule has 0 unspecified atom stereocenters. The first kappa shape index (κ1) is 31.0. The van der Waals surface area contributed by atoms with E-state index in [2.05, 4.69) is 13.2 Å². The zero-order valence-corrected chi connectivity index (χ0v) is 12.9. The van der Waals surface area contributed by atoms with Gasteiger partial charge in [0.2, 0.25) is 0 Å². The van der Waals surface area contributed by atoms with E-state index in [1.807, 2.05) is 6.92 Å². The summed E-state index contributed by atoms with van der Waals surface area (Å²) in [4.78, 5) is 36.0. The van der Waals surface area contributed by atoms with Crippen LogP contribution in [0.3, 0.4) is 0 Å². The van der Waals surface area contributed by atoms with E-state index < -0.39 is 23.9 Å². The lowest BCUT2D eigenvalue weighted by atomic mass is 10.4. The van der Waals surface area contributed by atoms with Gasteiger partial charge in [0, 0.05) is 27.7 Å². The molecular weight excluding hydrogens is 284 g/mol. The molecule has 0 radical (unpaired) electrons. The first-order valence-electron chi connectivity index (χ1n) is 5.26. The molecule has 0 aliphatic carbocycles. The standard InChI is InChI=1S/C5H8.4C2H4O2/c1-4-5(2)3;4*1-2(3)4/h4H,1-2H2,3H3;4*1H3,(H,3,4). The summed E-state index contributed by atoms with van der Waals surface area (Å²) in [5.41, 5.74) is 1.02. The van der Waals surface area contributed by atoms with Gasteiger partial charge in [-0.3, -0.25) is 19.2 Å². The van der Waals surface area contributed by atoms with Crippen LogP contribution in [0.2, 0.25) is 0 Å². The van der Waals surface area contributed by atoms with Gasteiger partial charge < -0.3 is 20.4 Å². The van der Waals surface area contributed by atoms with Gasteiger partial charge in [-0.2, -0.15) is 0 Å². The van der Waals surface area contributed by atoms with Crippen LogP contribution >= 0.6 is 0 Å². The van der Waals surface area contributed by atoms with Crippen LogP contribution in [0, 0.1) is 0 Å². The average molecular weight is 308 g/mol. The second-order valence-electron chi connectivity index (χ2n) is 3.13. The number of aliphatic carboxylic acids is 4. The monoisotopic (exact) mass is 308 g/mol. The van der Waals surface area contributed by atoms with Crippen LogP contribution in [0.25, 0.3) is 0 Å². The molecule has 0 atom stereocenters. The molecule has 0 aromatic carbocycles. The fourth-order valence-corrected chi connectivity index (χ4v) is 0. The first-order valence-corrected chi connectivity index (χ1v) is 5.26. The zero-order chi connectivity index (χ0) is 18.6. The minimum Gasteiger partial charge on any atom is -0.481 e. The van der Waals surface area contributed by atoms with Crippen molar-refractivity contribution in [3.63, 3.8) is 0 Å². The molecule has 0 bridgehead atoms. The molecule has 0 aromatic heterocycles. The maximum atomic E-state index is 9.00. The van der Waals surface area contributed by atoms with E-state index in [9.17, 15) is 0 Å². The van der Waals surface area contributed by atoms with Gasteiger partial charge in [0.15, 0.2) is 0 Å². The average Bonchev–Trinajstić information content (AvgIpc) is 2.13. The molecule has 0 aliphatic rings. The summed E-state index contributed by atoms with van der Waals surface area (Å²) < 4.78 is 0. The van der Waals surface area contributed by atoms with Crippen molar-refractivity contribution >= 4 is 23.9 Å². The predicted molar refractivity (Wildman–Crippen MR) is 78.3 cm³/mol. The third-order valence-corrected chi connectivity index (χ3v) is 0.348. The highest BCUT2D eigenvalue weighted by molar-refractivity contribution is 5.63. The summed E-state index contributed by atoms with van der Waals surface area (Å²) in [7, 11) is 0. The Morgan fingerprint density at radius 3 is 0.714 bits per heavy atom. The SMILES string of the molecule is C=CC(=C)C.CC(=O)O.CC(=O)O.CC(=O)O.CC(=O)O. The van der Waals surface area contributed by atoms with Gasteiger partial charge in [-0.15, -0.1) is 0 Å². The minimum absolute atomic E-state index is 0.833. The Bertz CT molecular complexity index is 267. The summed E-state index contributed by atoms with van der Waals surface area (Å²) in [5.74, 6) is -3.33. The Hall–Kier alpha value is -2.64. The van der Waals surface area contributed by atoms with Crippen molar-refractivity contribution in [3.8, 4) is 0 Å². The molecular formula is C13H24O8. The van der Waals surface area contributed by atoms with E-state index in [-0.39, 0.29) is 0 Å². The van der Waals surface area contributed by atoms with Crippen molar-refractivity contribution in [1.29, 1.82) is 0 Å². The van der Waals surface area contributed by atoms with E-state index in [4.69, 9.17) is 39.6 Å². The summed E-state index contributed by atoms with van der Waals surface area (Å²) in [6.45, 7) is 13.3. The highest BCUT2D eigenvalue weighted by Gasteiger charge is 1.66.